The number of nitrogens with one attached hydrogen (secondary N) is 2. The normalized spacial score (nSPS) is 43.3. The summed E-state index contributed by atoms with van der Waals surface area (Å²) in [5.74, 6) is 3.10. The van der Waals surface area contributed by atoms with Crippen LogP contribution in [0.4, 0.5) is 0 Å². The molecule has 0 bridgehead atoms. The number of hydrogen-bond donors (Lipinski definition) is 3. The highest BCUT2D eigenvalue weighted by Crippen LogP contribution is 2.77. The minimum absolute atomic E-state index is 0.0177. The van der Waals surface area contributed by atoms with E-state index in [9.17, 15) is 14.7 Å². The summed E-state index contributed by atoms with van der Waals surface area (Å²) in [6, 6.07) is 0. The predicted molar refractivity (Wildman–Crippen MR) is 184 cm³/mol. The number of carbonyl (C=O) groups excluding carboxylic acids is 2. The van der Waals surface area contributed by atoms with E-state index in [1.807, 2.05) is 0 Å². The summed E-state index contributed by atoms with van der Waals surface area (Å²) < 4.78 is 0. The first-order chi connectivity index (χ1) is 21.1. The zero-order chi connectivity index (χ0) is 32.8. The highest BCUT2D eigenvalue weighted by atomic mass is 16.3. The van der Waals surface area contributed by atoms with E-state index >= 15 is 0 Å². The fourth-order valence-electron chi connectivity index (χ4n) is 13.1. The van der Waals surface area contributed by atoms with Gasteiger partial charge in [0.05, 0.1) is 11.5 Å². The third-order valence-electron chi connectivity index (χ3n) is 15.8. The van der Waals surface area contributed by atoms with Crippen LogP contribution in [0.5, 0.6) is 0 Å². The van der Waals surface area contributed by atoms with Crippen LogP contribution in [0.3, 0.4) is 0 Å². The van der Waals surface area contributed by atoms with Gasteiger partial charge < -0.3 is 15.7 Å². The summed E-state index contributed by atoms with van der Waals surface area (Å²) >= 11 is 0. The molecule has 5 heteroatoms. The Kier molecular flexibility index (Phi) is 10.0. The molecule has 0 saturated heterocycles. The third kappa shape index (κ3) is 5.75. The molecule has 2 unspecified atom stereocenters. The van der Waals surface area contributed by atoms with Crippen molar-refractivity contribution in [2.45, 2.75) is 157 Å². The van der Waals surface area contributed by atoms with Gasteiger partial charge in [-0.25, -0.2) is 0 Å². The Morgan fingerprint density at radius 2 is 1.36 bits per heavy atom. The van der Waals surface area contributed by atoms with Crippen molar-refractivity contribution in [3.05, 3.63) is 12.2 Å². The molecule has 0 radical (unpaired) electrons. The lowest BCUT2D eigenvalue weighted by Crippen LogP contribution is -2.67. The van der Waals surface area contributed by atoms with Crippen molar-refractivity contribution in [3.63, 3.8) is 0 Å². The molecule has 5 aliphatic rings. The molecule has 0 aromatic heterocycles. The number of aliphatic hydroxyl groups excluding tert-OH is 1. The second-order valence-electron chi connectivity index (χ2n) is 18.1. The maximum Gasteiger partial charge on any atom is 0.226 e. The number of unbranched alkanes of at least 4 members (excludes halogenated alkanes) is 5. The molecule has 0 aromatic carbocycles. The molecule has 0 aliphatic heterocycles. The number of carbonyl (C=O) groups is 2. The van der Waals surface area contributed by atoms with Crippen LogP contribution in [-0.2, 0) is 9.59 Å². The smallest absolute Gasteiger partial charge is 0.226 e. The summed E-state index contributed by atoms with van der Waals surface area (Å²) in [5.41, 5.74) is 1.82. The van der Waals surface area contributed by atoms with Gasteiger partial charge in [0.15, 0.2) is 0 Å². The maximum absolute atomic E-state index is 14.3. The number of allylic oxidation sites excluding steroid dienone is 1. The van der Waals surface area contributed by atoms with Crippen LogP contribution in [0.15, 0.2) is 12.2 Å². The molecule has 5 fully saturated rings. The Bertz CT molecular complexity index is 1120. The van der Waals surface area contributed by atoms with Crippen LogP contribution in [0, 0.1) is 56.7 Å². The van der Waals surface area contributed by atoms with E-state index in [0.29, 0.717) is 35.5 Å². The van der Waals surface area contributed by atoms with Gasteiger partial charge >= 0.3 is 0 Å². The molecule has 10 atom stereocenters. The Hall–Kier alpha value is -1.36. The molecule has 5 saturated carbocycles. The van der Waals surface area contributed by atoms with Crippen molar-refractivity contribution in [3.8, 4) is 0 Å². The van der Waals surface area contributed by atoms with Crippen molar-refractivity contribution in [1.82, 2.24) is 10.6 Å². The second kappa shape index (κ2) is 12.9. The van der Waals surface area contributed by atoms with Gasteiger partial charge in [0, 0.05) is 20.0 Å². The van der Waals surface area contributed by atoms with Gasteiger partial charge in [-0.15, -0.1) is 0 Å². The Morgan fingerprint density at radius 3 is 2.00 bits per heavy atom. The molecule has 5 nitrogen and oxygen atoms in total. The molecule has 5 rings (SSSR count). The van der Waals surface area contributed by atoms with Crippen LogP contribution >= 0.6 is 0 Å². The topological polar surface area (TPSA) is 78.4 Å². The van der Waals surface area contributed by atoms with Crippen LogP contribution in [0.2, 0.25) is 0 Å². The lowest BCUT2D eigenvalue weighted by atomic mass is 9.32. The molecule has 256 valence electrons. The Balaban J connectivity index is 1.27. The zero-order valence-electron chi connectivity index (χ0n) is 30.2. The van der Waals surface area contributed by atoms with Crippen LogP contribution in [0.1, 0.15) is 151 Å². The lowest BCUT2D eigenvalue weighted by molar-refractivity contribution is -0.246. The number of fused-ring (bicyclic) bond motifs is 7. The summed E-state index contributed by atoms with van der Waals surface area (Å²) in [7, 11) is 0. The van der Waals surface area contributed by atoms with Gasteiger partial charge in [-0.2, -0.15) is 0 Å². The van der Waals surface area contributed by atoms with Crippen molar-refractivity contribution in [2.24, 2.45) is 56.7 Å². The molecule has 0 aromatic rings. The molecular weight excluding hydrogens is 556 g/mol. The first-order valence-corrected chi connectivity index (χ1v) is 19.0. The number of aliphatic hydroxyl groups is 1. The molecule has 2 amide bonds. The summed E-state index contributed by atoms with van der Waals surface area (Å²) in [6.45, 7) is 22.5. The first kappa shape index (κ1) is 35.0. The van der Waals surface area contributed by atoms with E-state index in [-0.39, 0.29) is 39.1 Å². The second-order valence-corrected chi connectivity index (χ2v) is 18.1. The summed E-state index contributed by atoms with van der Waals surface area (Å²) in [5, 5.41) is 17.4. The van der Waals surface area contributed by atoms with E-state index in [0.717, 1.165) is 70.9 Å². The highest BCUT2D eigenvalue weighted by Gasteiger charge is 2.71. The molecule has 5 aliphatic carbocycles. The summed E-state index contributed by atoms with van der Waals surface area (Å²) in [6.07, 6.45) is 18.0. The van der Waals surface area contributed by atoms with E-state index in [4.69, 9.17) is 0 Å². The fourth-order valence-corrected chi connectivity index (χ4v) is 13.1. The van der Waals surface area contributed by atoms with Crippen LogP contribution in [0.25, 0.3) is 0 Å². The van der Waals surface area contributed by atoms with Crippen molar-refractivity contribution >= 4 is 11.8 Å². The van der Waals surface area contributed by atoms with Crippen molar-refractivity contribution < 1.29 is 14.7 Å². The van der Waals surface area contributed by atoms with Gasteiger partial charge in [-0.1, -0.05) is 72.5 Å². The molecular formula is C40H68N2O3. The summed E-state index contributed by atoms with van der Waals surface area (Å²) in [4.78, 5) is 25.3. The number of hydrogen-bond acceptors (Lipinski definition) is 3. The monoisotopic (exact) mass is 625 g/mol. The number of rotatable bonds is 11. The quantitative estimate of drug-likeness (QED) is 0.159. The largest absolute Gasteiger partial charge is 0.393 e. The van der Waals surface area contributed by atoms with Crippen molar-refractivity contribution in [2.75, 3.05) is 13.1 Å². The average Bonchev–Trinajstić information content (AvgIpc) is 3.38. The van der Waals surface area contributed by atoms with E-state index < -0.39 is 0 Å². The van der Waals surface area contributed by atoms with Gasteiger partial charge in [-0.05, 0) is 135 Å². The zero-order valence-corrected chi connectivity index (χ0v) is 30.2. The van der Waals surface area contributed by atoms with Crippen LogP contribution < -0.4 is 10.6 Å². The minimum atomic E-state index is -0.237. The Morgan fingerprint density at radius 1 is 0.711 bits per heavy atom. The molecule has 0 spiro atoms. The highest BCUT2D eigenvalue weighted by molar-refractivity contribution is 5.84. The standard InChI is InChI=1S/C40H68N2O3/c1-27(2)29-17-22-40(35(45)42-26-14-12-10-9-11-13-25-41-28(3)43)24-23-38(7)30(34(29)40)15-16-32-37(6)20-19-33(44)36(4,5)31(37)18-21-39(32,38)8/h29-34,44H,1,9-26H2,2-8H3,(H,41,43)(H,42,45)/t29-,30?,31-,32+,33-,34?,37-,38+,39+,40-/m0/s1. The molecule has 3 N–H and O–H groups in total. The SMILES string of the molecule is C=C(C)[C@@H]1CC[C@]2(C(=O)NCCCCCCCCNC(C)=O)CC[C@]3(C)C(CC[C@@H]4[C@@]5(C)CC[C@H](O)C(C)(C)[C@@H]5CC[C@]43C)C12. The Labute approximate surface area is 275 Å². The van der Waals surface area contributed by atoms with Crippen LogP contribution in [-0.4, -0.2) is 36.1 Å². The van der Waals surface area contributed by atoms with Gasteiger partial charge in [0.1, 0.15) is 0 Å². The number of amides is 2. The van der Waals surface area contributed by atoms with Gasteiger partial charge in [-0.3, -0.25) is 9.59 Å². The maximum atomic E-state index is 14.3. The lowest BCUT2D eigenvalue weighted by Gasteiger charge is -2.72. The predicted octanol–water partition coefficient (Wildman–Crippen LogP) is 8.60. The third-order valence-corrected chi connectivity index (χ3v) is 15.8. The van der Waals surface area contributed by atoms with Gasteiger partial charge in [0.25, 0.3) is 0 Å². The molecule has 0 heterocycles. The first-order valence-electron chi connectivity index (χ1n) is 19.0. The van der Waals surface area contributed by atoms with E-state index in [2.05, 4.69) is 58.8 Å². The minimum Gasteiger partial charge on any atom is -0.393 e. The molecule has 45 heavy (non-hydrogen) atoms. The van der Waals surface area contributed by atoms with Crippen molar-refractivity contribution in [1.29, 1.82) is 0 Å². The van der Waals surface area contributed by atoms with Gasteiger partial charge in [0.2, 0.25) is 11.8 Å². The van der Waals surface area contributed by atoms with E-state index in [1.54, 1.807) is 6.92 Å². The fraction of sp³-hybridized carbons (Fsp3) is 0.900. The van der Waals surface area contributed by atoms with E-state index in [1.165, 1.54) is 50.5 Å². The average molecular weight is 625 g/mol.